The molecule has 0 spiro atoms. The summed E-state index contributed by atoms with van der Waals surface area (Å²) in [6.07, 6.45) is 7.60. The number of aryl methyl sites for hydroxylation is 1. The fraction of sp³-hybridized carbons (Fsp3) is 0.357. The van der Waals surface area contributed by atoms with E-state index in [1.807, 2.05) is 31.8 Å². The predicted molar refractivity (Wildman–Crippen MR) is 74.8 cm³/mol. The number of nitrogens with one attached hydrogen (secondary N) is 1. The molecule has 0 bridgehead atoms. The van der Waals surface area contributed by atoms with Crippen LogP contribution in [-0.2, 0) is 12.5 Å². The Balaban J connectivity index is 2.21. The van der Waals surface area contributed by atoms with Crippen molar-refractivity contribution in [1.29, 1.82) is 0 Å². The topological polar surface area (TPSA) is 59.4 Å². The van der Waals surface area contributed by atoms with E-state index in [0.717, 1.165) is 28.0 Å². The summed E-state index contributed by atoms with van der Waals surface area (Å²) in [7, 11) is 1.91. The van der Waals surface area contributed by atoms with Crippen molar-refractivity contribution in [2.75, 3.05) is 0 Å². The van der Waals surface area contributed by atoms with Gasteiger partial charge in [-0.05, 0) is 0 Å². The number of hydrogen-bond acceptors (Lipinski definition) is 3. The van der Waals surface area contributed by atoms with E-state index >= 15 is 0 Å². The predicted octanol–water partition coefficient (Wildman–Crippen LogP) is 2.66. The molecule has 19 heavy (non-hydrogen) atoms. The minimum atomic E-state index is -0.00926. The van der Waals surface area contributed by atoms with Crippen LogP contribution in [0.25, 0.3) is 22.3 Å². The van der Waals surface area contributed by atoms with Crippen LogP contribution in [0.4, 0.5) is 0 Å². The summed E-state index contributed by atoms with van der Waals surface area (Å²) < 4.78 is 1.79. The monoisotopic (exact) mass is 255 g/mol. The number of aromatic amines is 1. The summed E-state index contributed by atoms with van der Waals surface area (Å²) in [5.41, 5.74) is 4.79. The first-order chi connectivity index (χ1) is 8.95. The molecule has 0 unspecified atom stereocenters. The smallest absolute Gasteiger partial charge is 0.156 e. The third-order valence-corrected chi connectivity index (χ3v) is 3.17. The fourth-order valence-corrected chi connectivity index (χ4v) is 2.03. The molecular weight excluding hydrogens is 238 g/mol. The van der Waals surface area contributed by atoms with Crippen LogP contribution < -0.4 is 0 Å². The Morgan fingerprint density at radius 2 is 2.00 bits per heavy atom. The van der Waals surface area contributed by atoms with Crippen molar-refractivity contribution in [3.8, 4) is 11.1 Å². The van der Waals surface area contributed by atoms with Gasteiger partial charge in [0.1, 0.15) is 5.52 Å². The van der Waals surface area contributed by atoms with Crippen LogP contribution in [0.2, 0.25) is 0 Å². The molecule has 0 aliphatic carbocycles. The maximum atomic E-state index is 4.76. The fourth-order valence-electron chi connectivity index (χ4n) is 2.03. The molecule has 3 heterocycles. The molecule has 3 aromatic heterocycles. The van der Waals surface area contributed by atoms with E-state index in [2.05, 4.69) is 35.8 Å². The SMILES string of the molecule is Cn1cc(-c2c[nH]c3ncc(C(C)(C)C)nc23)cn1. The zero-order valence-electron chi connectivity index (χ0n) is 11.6. The van der Waals surface area contributed by atoms with Gasteiger partial charge in [-0.25, -0.2) is 9.97 Å². The molecule has 0 aliphatic rings. The summed E-state index contributed by atoms with van der Waals surface area (Å²) in [5, 5.41) is 4.21. The van der Waals surface area contributed by atoms with Gasteiger partial charge >= 0.3 is 0 Å². The molecule has 0 aromatic carbocycles. The largest absolute Gasteiger partial charge is 0.344 e. The minimum Gasteiger partial charge on any atom is -0.344 e. The maximum absolute atomic E-state index is 4.76. The molecule has 0 aliphatic heterocycles. The van der Waals surface area contributed by atoms with Crippen LogP contribution in [0.3, 0.4) is 0 Å². The van der Waals surface area contributed by atoms with Gasteiger partial charge in [0.15, 0.2) is 5.65 Å². The Bertz CT molecular complexity index is 730. The van der Waals surface area contributed by atoms with Crippen molar-refractivity contribution >= 4 is 11.2 Å². The van der Waals surface area contributed by atoms with Crippen molar-refractivity contribution in [3.63, 3.8) is 0 Å². The normalized spacial score (nSPS) is 12.2. The van der Waals surface area contributed by atoms with Gasteiger partial charge in [0.25, 0.3) is 0 Å². The molecule has 0 amide bonds. The Labute approximate surface area is 111 Å². The van der Waals surface area contributed by atoms with Gasteiger partial charge in [-0.15, -0.1) is 0 Å². The maximum Gasteiger partial charge on any atom is 0.156 e. The third-order valence-electron chi connectivity index (χ3n) is 3.17. The summed E-state index contributed by atoms with van der Waals surface area (Å²) in [6.45, 7) is 6.41. The highest BCUT2D eigenvalue weighted by Gasteiger charge is 2.18. The lowest BCUT2D eigenvalue weighted by molar-refractivity contribution is 0.569. The van der Waals surface area contributed by atoms with Gasteiger partial charge in [-0.3, -0.25) is 4.68 Å². The van der Waals surface area contributed by atoms with Crippen LogP contribution in [0.15, 0.2) is 24.8 Å². The van der Waals surface area contributed by atoms with E-state index in [4.69, 9.17) is 4.98 Å². The molecule has 0 atom stereocenters. The molecule has 0 saturated carbocycles. The third kappa shape index (κ3) is 2.01. The van der Waals surface area contributed by atoms with E-state index in [1.54, 1.807) is 4.68 Å². The van der Waals surface area contributed by atoms with Crippen molar-refractivity contribution in [2.45, 2.75) is 26.2 Å². The first-order valence-electron chi connectivity index (χ1n) is 6.29. The molecule has 0 radical (unpaired) electrons. The lowest BCUT2D eigenvalue weighted by Crippen LogP contribution is -2.13. The highest BCUT2D eigenvalue weighted by atomic mass is 15.2. The molecular formula is C14H17N5. The van der Waals surface area contributed by atoms with Gasteiger partial charge in [0.2, 0.25) is 0 Å². The average molecular weight is 255 g/mol. The summed E-state index contributed by atoms with van der Waals surface area (Å²) in [5.74, 6) is 0. The second-order valence-corrected chi connectivity index (χ2v) is 5.81. The number of aromatic nitrogens is 5. The van der Waals surface area contributed by atoms with Crippen LogP contribution in [0.5, 0.6) is 0 Å². The Morgan fingerprint density at radius 1 is 1.21 bits per heavy atom. The molecule has 3 rings (SSSR count). The van der Waals surface area contributed by atoms with Crippen LogP contribution >= 0.6 is 0 Å². The van der Waals surface area contributed by atoms with Gasteiger partial charge < -0.3 is 4.98 Å². The molecule has 98 valence electrons. The molecule has 0 saturated heterocycles. The van der Waals surface area contributed by atoms with Gasteiger partial charge in [0.05, 0.1) is 18.1 Å². The van der Waals surface area contributed by atoms with E-state index in [-0.39, 0.29) is 5.41 Å². The molecule has 1 N–H and O–H groups in total. The Hall–Kier alpha value is -2.17. The first-order valence-corrected chi connectivity index (χ1v) is 6.29. The zero-order valence-corrected chi connectivity index (χ0v) is 11.6. The van der Waals surface area contributed by atoms with Crippen molar-refractivity contribution in [2.24, 2.45) is 7.05 Å². The second-order valence-electron chi connectivity index (χ2n) is 5.81. The van der Waals surface area contributed by atoms with E-state index in [9.17, 15) is 0 Å². The number of hydrogen-bond donors (Lipinski definition) is 1. The number of H-pyrrole nitrogens is 1. The molecule has 5 heteroatoms. The number of fused-ring (bicyclic) bond motifs is 1. The van der Waals surface area contributed by atoms with Gasteiger partial charge in [-0.1, -0.05) is 20.8 Å². The Morgan fingerprint density at radius 3 is 2.63 bits per heavy atom. The average Bonchev–Trinajstić information content (AvgIpc) is 2.92. The summed E-state index contributed by atoms with van der Waals surface area (Å²) in [6, 6.07) is 0. The van der Waals surface area contributed by atoms with Crippen LogP contribution in [0, 0.1) is 0 Å². The van der Waals surface area contributed by atoms with E-state index in [1.165, 1.54) is 0 Å². The lowest BCUT2D eigenvalue weighted by Gasteiger charge is -2.16. The minimum absolute atomic E-state index is 0.00926. The molecule has 0 fully saturated rings. The van der Waals surface area contributed by atoms with Crippen molar-refractivity contribution in [3.05, 3.63) is 30.5 Å². The van der Waals surface area contributed by atoms with Crippen molar-refractivity contribution in [1.82, 2.24) is 24.7 Å². The quantitative estimate of drug-likeness (QED) is 0.727. The molecule has 3 aromatic rings. The number of rotatable bonds is 1. The molecule has 5 nitrogen and oxygen atoms in total. The standard InChI is InChI=1S/C14H17N5/c1-14(2,3)11-7-16-13-12(18-11)10(6-15-13)9-5-17-19(4)8-9/h5-8H,1-4H3,(H,15,16). The van der Waals surface area contributed by atoms with Crippen LogP contribution in [-0.4, -0.2) is 24.7 Å². The van der Waals surface area contributed by atoms with Crippen molar-refractivity contribution < 1.29 is 0 Å². The first kappa shape index (κ1) is 11.9. The van der Waals surface area contributed by atoms with Crippen LogP contribution in [0.1, 0.15) is 26.5 Å². The van der Waals surface area contributed by atoms with E-state index < -0.39 is 0 Å². The second kappa shape index (κ2) is 3.91. The van der Waals surface area contributed by atoms with E-state index in [0.29, 0.717) is 0 Å². The number of nitrogens with zero attached hydrogens (tertiary/aromatic N) is 4. The lowest BCUT2D eigenvalue weighted by atomic mass is 9.92. The summed E-state index contributed by atoms with van der Waals surface area (Å²) >= 11 is 0. The Kier molecular flexibility index (Phi) is 2.45. The highest BCUT2D eigenvalue weighted by Crippen LogP contribution is 2.28. The van der Waals surface area contributed by atoms with Gasteiger partial charge in [0, 0.05) is 36.0 Å². The zero-order chi connectivity index (χ0) is 13.6. The van der Waals surface area contributed by atoms with Gasteiger partial charge in [-0.2, -0.15) is 5.10 Å². The highest BCUT2D eigenvalue weighted by molar-refractivity contribution is 5.90. The summed E-state index contributed by atoms with van der Waals surface area (Å²) in [4.78, 5) is 12.4.